The molecule has 1 heterocycles. The number of anilines is 1. The van der Waals surface area contributed by atoms with Crippen molar-refractivity contribution >= 4 is 22.9 Å². The number of fused-ring (bicyclic) bond motifs is 1. The van der Waals surface area contributed by atoms with Crippen molar-refractivity contribution in [3.63, 3.8) is 0 Å². The van der Waals surface area contributed by atoms with Gasteiger partial charge in [-0.15, -0.1) is 0 Å². The lowest BCUT2D eigenvalue weighted by atomic mass is 10.2. The maximum absolute atomic E-state index is 11.4. The van der Waals surface area contributed by atoms with E-state index in [1.54, 1.807) is 26.2 Å². The van der Waals surface area contributed by atoms with Gasteiger partial charge >= 0.3 is 0 Å². The van der Waals surface area contributed by atoms with Crippen LogP contribution in [0.1, 0.15) is 10.4 Å². The molecule has 0 unspecified atom stereocenters. The minimum Gasteiger partial charge on any atom is -0.359 e. The molecule has 1 amide bonds. The van der Waals surface area contributed by atoms with Crippen LogP contribution >= 0.6 is 0 Å². The van der Waals surface area contributed by atoms with Crippen molar-refractivity contribution in [2.75, 3.05) is 19.4 Å². The van der Waals surface area contributed by atoms with E-state index in [2.05, 4.69) is 20.6 Å². The highest BCUT2D eigenvalue weighted by atomic mass is 16.1. The number of hydrogen-bond acceptors (Lipinski definition) is 3. The summed E-state index contributed by atoms with van der Waals surface area (Å²) in [5, 5.41) is 5.49. The van der Waals surface area contributed by atoms with Crippen molar-refractivity contribution in [3.8, 4) is 0 Å². The second-order valence-electron chi connectivity index (χ2n) is 3.15. The van der Waals surface area contributed by atoms with Crippen LogP contribution in [0.4, 0.5) is 5.95 Å². The predicted molar refractivity (Wildman–Crippen MR) is 59.0 cm³/mol. The van der Waals surface area contributed by atoms with Crippen molar-refractivity contribution in [1.29, 1.82) is 0 Å². The quantitative estimate of drug-likeness (QED) is 0.682. The number of carbonyl (C=O) groups excluding carboxylic acids is 1. The highest BCUT2D eigenvalue weighted by Crippen LogP contribution is 2.15. The molecule has 0 radical (unpaired) electrons. The van der Waals surface area contributed by atoms with Crippen LogP contribution in [0.3, 0.4) is 0 Å². The summed E-state index contributed by atoms with van der Waals surface area (Å²) < 4.78 is 0. The minimum absolute atomic E-state index is 0.0995. The molecule has 5 nitrogen and oxygen atoms in total. The van der Waals surface area contributed by atoms with Crippen LogP contribution in [0.5, 0.6) is 0 Å². The van der Waals surface area contributed by atoms with E-state index in [0.717, 1.165) is 11.0 Å². The summed E-state index contributed by atoms with van der Waals surface area (Å²) in [5.41, 5.74) is 2.31. The first-order valence-corrected chi connectivity index (χ1v) is 4.64. The van der Waals surface area contributed by atoms with Crippen LogP contribution in [0, 0.1) is 0 Å². The van der Waals surface area contributed by atoms with E-state index in [-0.39, 0.29) is 5.91 Å². The number of benzene rings is 1. The molecule has 5 heteroatoms. The van der Waals surface area contributed by atoms with Crippen LogP contribution in [-0.4, -0.2) is 30.0 Å². The largest absolute Gasteiger partial charge is 0.359 e. The number of H-pyrrole nitrogens is 1. The highest BCUT2D eigenvalue weighted by Gasteiger charge is 2.06. The number of aromatic amines is 1. The zero-order valence-corrected chi connectivity index (χ0v) is 8.59. The smallest absolute Gasteiger partial charge is 0.251 e. The number of rotatable bonds is 2. The van der Waals surface area contributed by atoms with Crippen LogP contribution in [0.15, 0.2) is 18.2 Å². The Morgan fingerprint density at radius 3 is 2.87 bits per heavy atom. The lowest BCUT2D eigenvalue weighted by Crippen LogP contribution is -2.17. The normalized spacial score (nSPS) is 10.3. The van der Waals surface area contributed by atoms with Crippen molar-refractivity contribution in [3.05, 3.63) is 23.8 Å². The molecule has 0 aliphatic rings. The first-order chi connectivity index (χ1) is 7.24. The highest BCUT2D eigenvalue weighted by molar-refractivity contribution is 5.97. The van der Waals surface area contributed by atoms with Crippen LogP contribution < -0.4 is 10.6 Å². The molecule has 0 saturated heterocycles. The molecular formula is C10H12N4O. The number of nitrogens with zero attached hydrogens (tertiary/aromatic N) is 1. The standard InChI is InChI=1S/C10H12N4O/c1-11-9(15)6-3-4-7-8(5-6)14-10(12-2)13-7/h3-5H,1-2H3,(H,11,15)(H2,12,13,14). The molecule has 0 atom stereocenters. The molecule has 0 saturated carbocycles. The Labute approximate surface area is 86.9 Å². The summed E-state index contributed by atoms with van der Waals surface area (Å²) in [7, 11) is 3.40. The van der Waals surface area contributed by atoms with Gasteiger partial charge in [-0.2, -0.15) is 0 Å². The van der Waals surface area contributed by atoms with Gasteiger partial charge in [-0.1, -0.05) is 0 Å². The maximum atomic E-state index is 11.4. The van der Waals surface area contributed by atoms with E-state index in [4.69, 9.17) is 0 Å². The maximum Gasteiger partial charge on any atom is 0.251 e. The second-order valence-corrected chi connectivity index (χ2v) is 3.15. The Bertz CT molecular complexity index is 503. The van der Waals surface area contributed by atoms with Gasteiger partial charge in [-0.3, -0.25) is 4.79 Å². The topological polar surface area (TPSA) is 69.8 Å². The molecule has 2 aromatic rings. The molecule has 1 aromatic heterocycles. The van der Waals surface area contributed by atoms with E-state index < -0.39 is 0 Å². The van der Waals surface area contributed by atoms with E-state index in [1.165, 1.54) is 0 Å². The third kappa shape index (κ3) is 1.63. The van der Waals surface area contributed by atoms with Gasteiger partial charge in [0.15, 0.2) is 0 Å². The Morgan fingerprint density at radius 2 is 2.20 bits per heavy atom. The second kappa shape index (κ2) is 3.61. The first kappa shape index (κ1) is 9.51. The molecule has 0 spiro atoms. The number of carbonyl (C=O) groups is 1. The van der Waals surface area contributed by atoms with Gasteiger partial charge in [0.2, 0.25) is 5.95 Å². The molecule has 15 heavy (non-hydrogen) atoms. The van der Waals surface area contributed by atoms with Gasteiger partial charge in [0.05, 0.1) is 11.0 Å². The summed E-state index contributed by atoms with van der Waals surface area (Å²) in [6.45, 7) is 0. The number of aromatic nitrogens is 2. The van der Waals surface area contributed by atoms with Gasteiger partial charge in [0.25, 0.3) is 5.91 Å². The zero-order chi connectivity index (χ0) is 10.8. The fraction of sp³-hybridized carbons (Fsp3) is 0.200. The van der Waals surface area contributed by atoms with Gasteiger partial charge in [0, 0.05) is 19.7 Å². The summed E-state index contributed by atoms with van der Waals surface area (Å²) in [5.74, 6) is 0.594. The molecule has 3 N–H and O–H groups in total. The first-order valence-electron chi connectivity index (χ1n) is 4.64. The minimum atomic E-state index is -0.0995. The van der Waals surface area contributed by atoms with Crippen molar-refractivity contribution in [1.82, 2.24) is 15.3 Å². The molecular weight excluding hydrogens is 192 g/mol. The Balaban J connectivity index is 2.50. The lowest BCUT2D eigenvalue weighted by molar-refractivity contribution is 0.0963. The Morgan fingerprint density at radius 1 is 1.40 bits per heavy atom. The number of nitrogens with one attached hydrogen (secondary N) is 3. The van der Waals surface area contributed by atoms with E-state index in [9.17, 15) is 4.79 Å². The molecule has 0 bridgehead atoms. The fourth-order valence-electron chi connectivity index (χ4n) is 1.41. The molecule has 2 rings (SSSR count). The summed E-state index contributed by atoms with van der Waals surface area (Å²) in [6.07, 6.45) is 0. The van der Waals surface area contributed by atoms with Gasteiger partial charge in [0.1, 0.15) is 0 Å². The summed E-state index contributed by atoms with van der Waals surface area (Å²) in [6, 6.07) is 5.35. The summed E-state index contributed by atoms with van der Waals surface area (Å²) in [4.78, 5) is 18.7. The fourth-order valence-corrected chi connectivity index (χ4v) is 1.41. The monoisotopic (exact) mass is 204 g/mol. The molecule has 0 fully saturated rings. The van der Waals surface area contributed by atoms with E-state index in [1.807, 2.05) is 6.07 Å². The van der Waals surface area contributed by atoms with E-state index >= 15 is 0 Å². The van der Waals surface area contributed by atoms with E-state index in [0.29, 0.717) is 11.5 Å². The van der Waals surface area contributed by atoms with Crippen molar-refractivity contribution < 1.29 is 4.79 Å². The molecule has 1 aromatic carbocycles. The average molecular weight is 204 g/mol. The Kier molecular flexibility index (Phi) is 2.29. The third-order valence-corrected chi connectivity index (χ3v) is 2.21. The summed E-state index contributed by atoms with van der Waals surface area (Å²) >= 11 is 0. The van der Waals surface area contributed by atoms with Crippen molar-refractivity contribution in [2.45, 2.75) is 0 Å². The lowest BCUT2D eigenvalue weighted by Gasteiger charge is -1.98. The van der Waals surface area contributed by atoms with Crippen molar-refractivity contribution in [2.24, 2.45) is 0 Å². The molecule has 0 aliphatic heterocycles. The SMILES string of the molecule is CNC(=O)c1ccc2nc(NC)[nH]c2c1. The third-order valence-electron chi connectivity index (χ3n) is 2.21. The van der Waals surface area contributed by atoms with Crippen LogP contribution in [0.2, 0.25) is 0 Å². The predicted octanol–water partition coefficient (Wildman–Crippen LogP) is 0.964. The van der Waals surface area contributed by atoms with Gasteiger partial charge < -0.3 is 15.6 Å². The van der Waals surface area contributed by atoms with Gasteiger partial charge in [-0.25, -0.2) is 4.98 Å². The Hall–Kier alpha value is -2.04. The average Bonchev–Trinajstić information content (AvgIpc) is 2.69. The number of amides is 1. The van der Waals surface area contributed by atoms with Crippen LogP contribution in [-0.2, 0) is 0 Å². The van der Waals surface area contributed by atoms with Gasteiger partial charge in [-0.05, 0) is 18.2 Å². The molecule has 0 aliphatic carbocycles. The number of imidazole rings is 1. The van der Waals surface area contributed by atoms with Crippen LogP contribution in [0.25, 0.3) is 11.0 Å². The number of hydrogen-bond donors (Lipinski definition) is 3. The zero-order valence-electron chi connectivity index (χ0n) is 8.59. The molecule has 78 valence electrons.